The number of ether oxygens (including phenoxy) is 1. The highest BCUT2D eigenvalue weighted by Gasteiger charge is 2.22. The maximum Gasteiger partial charge on any atom is 0.328 e. The van der Waals surface area contributed by atoms with E-state index < -0.39 is 12.0 Å². The van der Waals surface area contributed by atoms with Gasteiger partial charge >= 0.3 is 5.97 Å². The standard InChI is InChI=1S/C23H28N2O4/c1-16-9-11-18(12-10-16)15-20(23(28)29-3)25-22(27)14-13-21(26)24-17(2)19-7-5-4-6-8-19/h4-12,17,20H,13-15H2,1-3H3,(H,24,26)(H,25,27)/t17-,20+/m1/s1. The summed E-state index contributed by atoms with van der Waals surface area (Å²) in [6.45, 7) is 3.87. The molecule has 29 heavy (non-hydrogen) atoms. The molecule has 0 aliphatic heterocycles. The van der Waals surface area contributed by atoms with Crippen LogP contribution in [-0.2, 0) is 25.5 Å². The summed E-state index contributed by atoms with van der Waals surface area (Å²) in [5, 5.41) is 5.55. The Morgan fingerprint density at radius 3 is 2.07 bits per heavy atom. The van der Waals surface area contributed by atoms with Gasteiger partial charge in [-0.3, -0.25) is 9.59 Å². The van der Waals surface area contributed by atoms with Gasteiger partial charge in [-0.05, 0) is 25.0 Å². The molecule has 0 spiro atoms. The van der Waals surface area contributed by atoms with Crippen LogP contribution in [0.25, 0.3) is 0 Å². The van der Waals surface area contributed by atoms with Gasteiger partial charge in [0.2, 0.25) is 11.8 Å². The first-order valence-corrected chi connectivity index (χ1v) is 9.66. The van der Waals surface area contributed by atoms with E-state index in [-0.39, 0.29) is 30.7 Å². The Morgan fingerprint density at radius 2 is 1.48 bits per heavy atom. The van der Waals surface area contributed by atoms with Crippen molar-refractivity contribution in [2.24, 2.45) is 0 Å². The van der Waals surface area contributed by atoms with Crippen molar-refractivity contribution < 1.29 is 19.1 Å². The number of nitrogens with one attached hydrogen (secondary N) is 2. The number of esters is 1. The minimum atomic E-state index is -0.790. The first kappa shape index (κ1) is 22.1. The first-order valence-electron chi connectivity index (χ1n) is 9.66. The van der Waals surface area contributed by atoms with Crippen LogP contribution in [0.4, 0.5) is 0 Å². The Kier molecular flexibility index (Phi) is 8.40. The van der Waals surface area contributed by atoms with E-state index in [9.17, 15) is 14.4 Å². The molecular weight excluding hydrogens is 368 g/mol. The smallest absolute Gasteiger partial charge is 0.328 e. The van der Waals surface area contributed by atoms with Crippen LogP contribution in [0.5, 0.6) is 0 Å². The molecule has 0 fully saturated rings. The average molecular weight is 396 g/mol. The highest BCUT2D eigenvalue weighted by molar-refractivity contribution is 5.87. The molecule has 2 N–H and O–H groups in total. The van der Waals surface area contributed by atoms with E-state index in [1.165, 1.54) is 7.11 Å². The Morgan fingerprint density at radius 1 is 0.897 bits per heavy atom. The fraction of sp³-hybridized carbons (Fsp3) is 0.348. The highest BCUT2D eigenvalue weighted by atomic mass is 16.5. The van der Waals surface area contributed by atoms with Crippen molar-refractivity contribution in [1.82, 2.24) is 10.6 Å². The highest BCUT2D eigenvalue weighted by Crippen LogP contribution is 2.11. The summed E-state index contributed by atoms with van der Waals surface area (Å²) in [5.41, 5.74) is 3.03. The third-order valence-corrected chi connectivity index (χ3v) is 4.64. The van der Waals surface area contributed by atoms with Gasteiger partial charge in [0.05, 0.1) is 13.2 Å². The van der Waals surface area contributed by atoms with Crippen LogP contribution < -0.4 is 10.6 Å². The number of carbonyl (C=O) groups excluding carboxylic acids is 3. The van der Waals surface area contributed by atoms with E-state index in [4.69, 9.17) is 4.74 Å². The minimum Gasteiger partial charge on any atom is -0.467 e. The molecule has 154 valence electrons. The van der Waals surface area contributed by atoms with Crippen molar-refractivity contribution in [3.8, 4) is 0 Å². The van der Waals surface area contributed by atoms with Crippen LogP contribution in [0.3, 0.4) is 0 Å². The zero-order valence-electron chi connectivity index (χ0n) is 17.1. The SMILES string of the molecule is COC(=O)[C@H](Cc1ccc(C)cc1)NC(=O)CCC(=O)N[C@H](C)c1ccccc1. The summed E-state index contributed by atoms with van der Waals surface area (Å²) in [6, 6.07) is 16.4. The summed E-state index contributed by atoms with van der Waals surface area (Å²) in [6.07, 6.45) is 0.367. The van der Waals surface area contributed by atoms with Gasteiger partial charge in [-0.15, -0.1) is 0 Å². The van der Waals surface area contributed by atoms with Crippen LogP contribution >= 0.6 is 0 Å². The van der Waals surface area contributed by atoms with Crippen molar-refractivity contribution >= 4 is 17.8 Å². The lowest BCUT2D eigenvalue weighted by Gasteiger charge is -2.17. The molecule has 6 heteroatoms. The lowest BCUT2D eigenvalue weighted by molar-refractivity contribution is -0.145. The first-order chi connectivity index (χ1) is 13.9. The van der Waals surface area contributed by atoms with Gasteiger partial charge in [-0.25, -0.2) is 4.79 Å². The van der Waals surface area contributed by atoms with Gasteiger partial charge in [-0.2, -0.15) is 0 Å². The second-order valence-corrected chi connectivity index (χ2v) is 7.03. The number of methoxy groups -OCH3 is 1. The van der Waals surface area contributed by atoms with Crippen molar-refractivity contribution in [2.75, 3.05) is 7.11 Å². The molecule has 0 aromatic heterocycles. The molecule has 0 unspecified atom stereocenters. The minimum absolute atomic E-state index is 0.00522. The second kappa shape index (κ2) is 11.0. The summed E-state index contributed by atoms with van der Waals surface area (Å²) < 4.78 is 4.80. The molecule has 2 aromatic rings. The van der Waals surface area contributed by atoms with Gasteiger partial charge in [0, 0.05) is 19.3 Å². The molecule has 2 aromatic carbocycles. The number of amides is 2. The second-order valence-electron chi connectivity index (χ2n) is 7.03. The molecule has 0 radical (unpaired) electrons. The Labute approximate surface area is 171 Å². The van der Waals surface area contributed by atoms with Crippen molar-refractivity contribution in [3.05, 3.63) is 71.3 Å². The van der Waals surface area contributed by atoms with Crippen molar-refractivity contribution in [1.29, 1.82) is 0 Å². The Balaban J connectivity index is 1.85. The third kappa shape index (κ3) is 7.41. The maximum absolute atomic E-state index is 12.3. The summed E-state index contributed by atoms with van der Waals surface area (Å²) in [4.78, 5) is 36.5. The van der Waals surface area contributed by atoms with E-state index in [0.29, 0.717) is 6.42 Å². The molecule has 0 heterocycles. The lowest BCUT2D eigenvalue weighted by atomic mass is 10.0. The molecule has 2 atom stereocenters. The predicted molar refractivity (Wildman–Crippen MR) is 111 cm³/mol. The number of carbonyl (C=O) groups is 3. The Bertz CT molecular complexity index is 819. The van der Waals surface area contributed by atoms with Gasteiger partial charge in [0.15, 0.2) is 0 Å². The molecule has 2 amide bonds. The van der Waals surface area contributed by atoms with Crippen molar-refractivity contribution in [3.63, 3.8) is 0 Å². The van der Waals surface area contributed by atoms with E-state index in [2.05, 4.69) is 10.6 Å². The van der Waals surface area contributed by atoms with Gasteiger partial charge in [0.25, 0.3) is 0 Å². The summed E-state index contributed by atoms with van der Waals surface area (Å²) in [5.74, 6) is -1.10. The number of aryl methyl sites for hydroxylation is 1. The van der Waals surface area contributed by atoms with Crippen LogP contribution in [0.1, 0.15) is 42.5 Å². The van der Waals surface area contributed by atoms with E-state index in [1.54, 1.807) is 0 Å². The van der Waals surface area contributed by atoms with E-state index >= 15 is 0 Å². The fourth-order valence-electron chi connectivity index (χ4n) is 2.93. The molecule has 0 aliphatic rings. The van der Waals surface area contributed by atoms with E-state index in [0.717, 1.165) is 16.7 Å². The molecule has 0 saturated carbocycles. The monoisotopic (exact) mass is 396 g/mol. The summed E-state index contributed by atoms with van der Waals surface area (Å²) in [7, 11) is 1.29. The van der Waals surface area contributed by atoms with Crippen LogP contribution in [0.2, 0.25) is 0 Å². The lowest BCUT2D eigenvalue weighted by Crippen LogP contribution is -2.43. The zero-order chi connectivity index (χ0) is 21.2. The molecule has 2 rings (SSSR count). The number of benzene rings is 2. The quantitative estimate of drug-likeness (QED) is 0.639. The largest absolute Gasteiger partial charge is 0.467 e. The average Bonchev–Trinajstić information content (AvgIpc) is 2.73. The van der Waals surface area contributed by atoms with Gasteiger partial charge in [-0.1, -0.05) is 60.2 Å². The number of hydrogen-bond acceptors (Lipinski definition) is 4. The van der Waals surface area contributed by atoms with Gasteiger partial charge in [0.1, 0.15) is 6.04 Å². The topological polar surface area (TPSA) is 84.5 Å². The van der Waals surface area contributed by atoms with Gasteiger partial charge < -0.3 is 15.4 Å². The number of rotatable bonds is 9. The van der Waals surface area contributed by atoms with Crippen LogP contribution in [0.15, 0.2) is 54.6 Å². The predicted octanol–water partition coefficient (Wildman–Crippen LogP) is 2.85. The van der Waals surface area contributed by atoms with Crippen molar-refractivity contribution in [2.45, 2.75) is 45.2 Å². The number of hydrogen-bond donors (Lipinski definition) is 2. The zero-order valence-corrected chi connectivity index (χ0v) is 17.1. The van der Waals surface area contributed by atoms with Crippen LogP contribution in [-0.4, -0.2) is 30.9 Å². The summed E-state index contributed by atoms with van der Waals surface area (Å²) >= 11 is 0. The molecule has 0 bridgehead atoms. The van der Waals surface area contributed by atoms with Crippen LogP contribution in [0, 0.1) is 6.92 Å². The molecule has 6 nitrogen and oxygen atoms in total. The fourth-order valence-corrected chi connectivity index (χ4v) is 2.93. The molecule has 0 saturated heterocycles. The molecular formula is C23H28N2O4. The Hall–Kier alpha value is -3.15. The third-order valence-electron chi connectivity index (χ3n) is 4.64. The van der Waals surface area contributed by atoms with E-state index in [1.807, 2.05) is 68.4 Å². The normalized spacial score (nSPS) is 12.5. The molecule has 0 aliphatic carbocycles. The maximum atomic E-state index is 12.3.